The first kappa shape index (κ1) is 14.3. The minimum atomic E-state index is -4.71. The average Bonchev–Trinajstić information content (AvgIpc) is 3.17. The van der Waals surface area contributed by atoms with Crippen molar-refractivity contribution in [1.82, 2.24) is 5.32 Å². The lowest BCUT2D eigenvalue weighted by atomic mass is 9.86. The van der Waals surface area contributed by atoms with Crippen LogP contribution in [0.4, 0.5) is 23.7 Å². The molecular formula is C14H10BrF3N2O. The first-order valence-corrected chi connectivity index (χ1v) is 7.10. The molecule has 1 aliphatic heterocycles. The highest BCUT2D eigenvalue weighted by Crippen LogP contribution is 2.44. The maximum Gasteiger partial charge on any atom is 0.427 e. The van der Waals surface area contributed by atoms with Gasteiger partial charge in [0.2, 0.25) is 5.54 Å². The Hall–Kier alpha value is -1.68. The van der Waals surface area contributed by atoms with Gasteiger partial charge in [0.1, 0.15) is 0 Å². The van der Waals surface area contributed by atoms with Gasteiger partial charge in [-0.15, -0.1) is 0 Å². The Morgan fingerprint density at radius 2 is 2.05 bits per heavy atom. The lowest BCUT2D eigenvalue weighted by Gasteiger charge is -2.37. The van der Waals surface area contributed by atoms with Crippen molar-refractivity contribution in [1.29, 1.82) is 0 Å². The second-order valence-electron chi connectivity index (χ2n) is 5.06. The Balaban J connectivity index is 2.20. The molecule has 1 aromatic rings. The quantitative estimate of drug-likeness (QED) is 0.681. The molecule has 1 saturated carbocycles. The summed E-state index contributed by atoms with van der Waals surface area (Å²) in [7, 11) is 0. The number of hydrogen-bond acceptors (Lipinski definition) is 1. The number of anilines is 1. The lowest BCUT2D eigenvalue weighted by Crippen LogP contribution is -2.59. The van der Waals surface area contributed by atoms with E-state index in [-0.39, 0.29) is 17.2 Å². The van der Waals surface area contributed by atoms with E-state index in [9.17, 15) is 18.0 Å². The number of alkyl halides is 3. The minimum Gasteiger partial charge on any atom is -0.310 e. The molecule has 2 aliphatic rings. The Kier molecular flexibility index (Phi) is 3.17. The number of hydrogen-bond donors (Lipinski definition) is 2. The van der Waals surface area contributed by atoms with Crippen LogP contribution in [0.3, 0.4) is 0 Å². The van der Waals surface area contributed by atoms with Gasteiger partial charge < -0.3 is 10.6 Å². The van der Waals surface area contributed by atoms with E-state index in [2.05, 4.69) is 33.1 Å². The molecule has 3 rings (SSSR count). The third kappa shape index (κ3) is 2.48. The van der Waals surface area contributed by atoms with E-state index in [1.54, 1.807) is 0 Å². The average molecular weight is 359 g/mol. The van der Waals surface area contributed by atoms with E-state index in [1.807, 2.05) is 5.32 Å². The number of carbonyl (C=O) groups is 1. The zero-order chi connectivity index (χ0) is 15.3. The molecule has 1 fully saturated rings. The van der Waals surface area contributed by atoms with Gasteiger partial charge >= 0.3 is 12.2 Å². The summed E-state index contributed by atoms with van der Waals surface area (Å²) in [4.78, 5) is 11.7. The van der Waals surface area contributed by atoms with Crippen molar-refractivity contribution in [2.75, 3.05) is 5.32 Å². The summed E-state index contributed by atoms with van der Waals surface area (Å²) < 4.78 is 41.6. The van der Waals surface area contributed by atoms with Crippen molar-refractivity contribution in [2.24, 2.45) is 5.92 Å². The number of amides is 2. The topological polar surface area (TPSA) is 41.1 Å². The molecule has 1 unspecified atom stereocenters. The van der Waals surface area contributed by atoms with Crippen LogP contribution in [0.2, 0.25) is 0 Å². The van der Waals surface area contributed by atoms with Crippen molar-refractivity contribution >= 4 is 27.6 Å². The van der Waals surface area contributed by atoms with Crippen LogP contribution in [0.5, 0.6) is 0 Å². The highest BCUT2D eigenvalue weighted by atomic mass is 79.9. The predicted molar refractivity (Wildman–Crippen MR) is 74.5 cm³/mol. The van der Waals surface area contributed by atoms with Crippen LogP contribution in [-0.2, 0) is 5.54 Å². The number of carbonyl (C=O) groups excluding carboxylic acids is 1. The first-order valence-electron chi connectivity index (χ1n) is 6.30. The van der Waals surface area contributed by atoms with Gasteiger partial charge in [0.15, 0.2) is 0 Å². The van der Waals surface area contributed by atoms with Gasteiger partial charge in [-0.05, 0) is 25.0 Å². The van der Waals surface area contributed by atoms with Gasteiger partial charge in [0.25, 0.3) is 0 Å². The van der Waals surface area contributed by atoms with Gasteiger partial charge in [-0.3, -0.25) is 0 Å². The third-order valence-corrected chi connectivity index (χ3v) is 3.89. The molecule has 21 heavy (non-hydrogen) atoms. The Morgan fingerprint density at radius 1 is 1.33 bits per heavy atom. The molecular weight excluding hydrogens is 349 g/mol. The van der Waals surface area contributed by atoms with Crippen LogP contribution in [0.1, 0.15) is 18.4 Å². The summed E-state index contributed by atoms with van der Waals surface area (Å²) in [6, 6.07) is 3.34. The molecule has 0 bridgehead atoms. The van der Waals surface area contributed by atoms with Gasteiger partial charge in [0, 0.05) is 16.0 Å². The second-order valence-corrected chi connectivity index (χ2v) is 5.98. The molecule has 110 valence electrons. The van der Waals surface area contributed by atoms with Gasteiger partial charge in [-0.2, -0.15) is 13.2 Å². The molecule has 0 spiro atoms. The molecule has 1 heterocycles. The Morgan fingerprint density at radius 3 is 2.67 bits per heavy atom. The van der Waals surface area contributed by atoms with Gasteiger partial charge in [0.05, 0.1) is 5.69 Å². The third-order valence-electron chi connectivity index (χ3n) is 3.40. The number of halogens is 4. The fraction of sp³-hybridized carbons (Fsp3) is 0.357. The second kappa shape index (κ2) is 4.67. The molecule has 1 aromatic carbocycles. The lowest BCUT2D eigenvalue weighted by molar-refractivity contribution is -0.178. The fourth-order valence-corrected chi connectivity index (χ4v) is 2.53. The van der Waals surface area contributed by atoms with Crippen LogP contribution in [-0.4, -0.2) is 12.2 Å². The smallest absolute Gasteiger partial charge is 0.310 e. The Bertz CT molecular complexity index is 673. The number of rotatable bonds is 0. The largest absolute Gasteiger partial charge is 0.427 e. The maximum atomic E-state index is 13.7. The molecule has 0 saturated heterocycles. The highest BCUT2D eigenvalue weighted by molar-refractivity contribution is 9.10. The van der Waals surface area contributed by atoms with E-state index in [1.165, 1.54) is 18.2 Å². The molecule has 7 heteroatoms. The standard InChI is InChI=1S/C14H10BrF3N2O/c15-9-3-4-10-11(7-9)19-12(21)20-13(10,14(16,17)18)6-5-8-1-2-8/h3-4,7-8H,1-2H2,(H2,19,20,21). The van der Waals surface area contributed by atoms with Crippen molar-refractivity contribution in [3.8, 4) is 11.8 Å². The molecule has 2 N–H and O–H groups in total. The molecule has 1 aliphatic carbocycles. The van der Waals surface area contributed by atoms with E-state index in [0.717, 1.165) is 12.8 Å². The van der Waals surface area contributed by atoms with Crippen molar-refractivity contribution in [2.45, 2.75) is 24.6 Å². The predicted octanol–water partition coefficient (Wildman–Crippen LogP) is 3.76. The minimum absolute atomic E-state index is 0.00471. The number of fused-ring (bicyclic) bond motifs is 1. The molecule has 3 nitrogen and oxygen atoms in total. The maximum absolute atomic E-state index is 13.7. The van der Waals surface area contributed by atoms with Crippen LogP contribution in [0.15, 0.2) is 22.7 Å². The van der Waals surface area contributed by atoms with Crippen molar-refractivity contribution in [3.63, 3.8) is 0 Å². The van der Waals surface area contributed by atoms with Crippen molar-refractivity contribution in [3.05, 3.63) is 28.2 Å². The fourth-order valence-electron chi connectivity index (χ4n) is 2.17. The summed E-state index contributed by atoms with van der Waals surface area (Å²) in [5.41, 5.74) is -2.64. The van der Waals surface area contributed by atoms with Crippen LogP contribution in [0, 0.1) is 17.8 Å². The summed E-state index contributed by atoms with van der Waals surface area (Å²) >= 11 is 3.18. The van der Waals surface area contributed by atoms with E-state index < -0.39 is 17.7 Å². The molecule has 0 aromatic heterocycles. The first-order chi connectivity index (χ1) is 9.82. The highest BCUT2D eigenvalue weighted by Gasteiger charge is 2.59. The van der Waals surface area contributed by atoms with E-state index in [4.69, 9.17) is 0 Å². The van der Waals surface area contributed by atoms with E-state index in [0.29, 0.717) is 4.47 Å². The number of benzene rings is 1. The zero-order valence-corrected chi connectivity index (χ0v) is 12.2. The number of nitrogens with one attached hydrogen (secondary N) is 2. The molecule has 1 atom stereocenters. The summed E-state index contributed by atoms with van der Waals surface area (Å²) in [5.74, 6) is 4.90. The van der Waals surface area contributed by atoms with E-state index >= 15 is 0 Å². The summed E-state index contributed by atoms with van der Waals surface area (Å²) in [5, 5.41) is 4.35. The van der Waals surface area contributed by atoms with Gasteiger partial charge in [-0.1, -0.05) is 33.8 Å². The zero-order valence-electron chi connectivity index (χ0n) is 10.6. The van der Waals surface area contributed by atoms with Crippen LogP contribution < -0.4 is 10.6 Å². The number of urea groups is 1. The van der Waals surface area contributed by atoms with Gasteiger partial charge in [-0.25, -0.2) is 4.79 Å². The van der Waals surface area contributed by atoms with Crippen LogP contribution in [0.25, 0.3) is 0 Å². The SMILES string of the molecule is O=C1Nc2cc(Br)ccc2C(C#CC2CC2)(C(F)(F)F)N1. The summed E-state index contributed by atoms with van der Waals surface area (Å²) in [6.45, 7) is 0. The molecule has 2 amide bonds. The van der Waals surface area contributed by atoms with Crippen LogP contribution >= 0.6 is 15.9 Å². The normalized spacial score (nSPS) is 24.3. The monoisotopic (exact) mass is 358 g/mol. The van der Waals surface area contributed by atoms with Crippen molar-refractivity contribution < 1.29 is 18.0 Å². The Labute approximate surface area is 127 Å². The molecule has 0 radical (unpaired) electrons. The summed E-state index contributed by atoms with van der Waals surface area (Å²) in [6.07, 6.45) is -3.10.